The van der Waals surface area contributed by atoms with E-state index in [1.807, 2.05) is 30.3 Å². The van der Waals surface area contributed by atoms with Crippen molar-refractivity contribution in [1.29, 1.82) is 0 Å². The molecular weight excluding hydrogens is 703 g/mol. The summed E-state index contributed by atoms with van der Waals surface area (Å²) < 4.78 is 3.34. The average molecular weight is 759 g/mol. The fourth-order valence-corrected chi connectivity index (χ4v) is 7.27. The van der Waals surface area contributed by atoms with Crippen molar-refractivity contribution in [3.63, 3.8) is 0 Å². The summed E-state index contributed by atoms with van der Waals surface area (Å²) in [6.45, 7) is 29.8. The first-order valence-electron chi connectivity index (χ1n) is 16.6. The number of halogens is 2. The Morgan fingerprint density at radius 3 is 1.71 bits per heavy atom. The largest absolute Gasteiger partial charge is 0.184 e. The molecule has 0 aliphatic heterocycles. The van der Waals surface area contributed by atoms with Crippen molar-refractivity contribution in [1.82, 2.24) is 0 Å². The SMILES string of the molecule is CC1=[C-]C(C)(C)c2cc3c(cc21)-c1cc2c(cc1C3)C(C)(C)C=C2C.CC1=[C-]C(C)C=C1C(C)(C)C.Cl.Cl.[CH2-]C.[CH2]=[Zr].[c-]1ccccc1. The molecule has 0 amide bonds. The van der Waals surface area contributed by atoms with Crippen molar-refractivity contribution in [2.75, 3.05) is 0 Å². The number of fused-ring (bicyclic) bond motifs is 5. The molecule has 3 heteroatoms. The standard InChI is InChI=1S/C25H25.C11H17.C6H5.C2H5.CH2.2ClH.Zr/c1-14-12-24(3,4)22-8-16-7-17-9-23-19(15(2)13-25(23,5)6)11-21(17)20(16)10-18(14)22;1-8-6-9(2)10(7-8)11(3,4)5;1-2-4-6-5-3-1;1-2;;;;/h8-12H,7H2,1-6H3;7-8H,1-5H3;1-5H;1H2,2H3;1H2;2*1H;/q4*-1;;;;. The topological polar surface area (TPSA) is 0 Å². The maximum atomic E-state index is 3.65. The minimum absolute atomic E-state index is 0. The molecule has 0 heterocycles. The second-order valence-electron chi connectivity index (χ2n) is 14.7. The zero-order valence-electron chi connectivity index (χ0n) is 31.4. The number of rotatable bonds is 0. The van der Waals surface area contributed by atoms with Crippen LogP contribution in [0.25, 0.3) is 22.3 Å². The molecule has 4 aliphatic rings. The Bertz CT molecular complexity index is 1560. The van der Waals surface area contributed by atoms with Gasteiger partial charge in [0, 0.05) is 5.41 Å². The van der Waals surface area contributed by atoms with Crippen LogP contribution >= 0.6 is 24.8 Å². The fraction of sp³-hybridized carbons (Fsp3) is 0.378. The van der Waals surface area contributed by atoms with Crippen LogP contribution in [0, 0.1) is 36.5 Å². The third-order valence-corrected chi connectivity index (χ3v) is 9.11. The van der Waals surface area contributed by atoms with E-state index in [0.29, 0.717) is 11.3 Å². The van der Waals surface area contributed by atoms with E-state index in [1.54, 1.807) is 6.92 Å². The van der Waals surface area contributed by atoms with Crippen molar-refractivity contribution in [2.24, 2.45) is 11.3 Å². The minimum Gasteiger partial charge on any atom is -0.184 e. The minimum atomic E-state index is 0. The van der Waals surface area contributed by atoms with Gasteiger partial charge in [-0.25, -0.2) is 11.1 Å². The fourth-order valence-electron chi connectivity index (χ4n) is 7.27. The first-order valence-corrected chi connectivity index (χ1v) is 18.3. The Labute approximate surface area is 321 Å². The quantitative estimate of drug-likeness (QED) is 0.157. The molecule has 1 atom stereocenters. The molecule has 0 saturated heterocycles. The van der Waals surface area contributed by atoms with Crippen LogP contribution in [0.5, 0.6) is 0 Å². The summed E-state index contributed by atoms with van der Waals surface area (Å²) in [6.07, 6.45) is 12.8. The van der Waals surface area contributed by atoms with Gasteiger partial charge in [0.1, 0.15) is 0 Å². The zero-order valence-corrected chi connectivity index (χ0v) is 35.5. The van der Waals surface area contributed by atoms with E-state index in [9.17, 15) is 0 Å². The number of allylic oxidation sites excluding steroid dienone is 8. The Morgan fingerprint density at radius 1 is 0.771 bits per heavy atom. The van der Waals surface area contributed by atoms with E-state index in [1.165, 1.54) is 91.0 Å². The van der Waals surface area contributed by atoms with Gasteiger partial charge in [0.2, 0.25) is 0 Å². The Hall–Kier alpha value is -2.05. The third-order valence-electron chi connectivity index (χ3n) is 9.11. The summed E-state index contributed by atoms with van der Waals surface area (Å²) in [6, 6.07) is 22.3. The van der Waals surface area contributed by atoms with Gasteiger partial charge in [-0.2, -0.15) is 60.5 Å². The van der Waals surface area contributed by atoms with Crippen LogP contribution in [0.1, 0.15) is 116 Å². The molecule has 0 bridgehead atoms. The van der Waals surface area contributed by atoms with Crippen LogP contribution in [0.3, 0.4) is 0 Å². The Balaban J connectivity index is 0.000000419. The summed E-state index contributed by atoms with van der Waals surface area (Å²) in [5.74, 6) is 0.518. The van der Waals surface area contributed by atoms with Gasteiger partial charge in [-0.15, -0.1) is 36.4 Å². The summed E-state index contributed by atoms with van der Waals surface area (Å²) in [4.78, 5) is 0. The second-order valence-corrected chi connectivity index (χ2v) is 14.7. The van der Waals surface area contributed by atoms with E-state index in [-0.39, 0.29) is 35.6 Å². The molecule has 1 unspecified atom stereocenters. The van der Waals surface area contributed by atoms with Crippen LogP contribution in [0.15, 0.2) is 77.9 Å². The molecule has 0 spiro atoms. The smallest absolute Gasteiger partial charge is 0.171 e. The molecule has 0 aromatic heterocycles. The third kappa shape index (κ3) is 9.59. The Kier molecular flexibility index (Phi) is 16.3. The zero-order chi connectivity index (χ0) is 34.6. The second kappa shape index (κ2) is 17.7. The van der Waals surface area contributed by atoms with Gasteiger partial charge in [0.25, 0.3) is 0 Å². The van der Waals surface area contributed by atoms with Crippen LogP contribution in [0.2, 0.25) is 0 Å². The van der Waals surface area contributed by atoms with Crippen LogP contribution in [0.4, 0.5) is 0 Å². The molecule has 0 N–H and O–H groups in total. The predicted octanol–water partition coefficient (Wildman–Crippen LogP) is 12.9. The molecule has 258 valence electrons. The molecule has 0 fully saturated rings. The summed E-state index contributed by atoms with van der Waals surface area (Å²) >= 11 is 1.30. The molecule has 0 nitrogen and oxygen atoms in total. The van der Waals surface area contributed by atoms with E-state index in [4.69, 9.17) is 0 Å². The monoisotopic (exact) mass is 756 g/mol. The number of hydrogen-bond donors (Lipinski definition) is 0. The van der Waals surface area contributed by atoms with Gasteiger partial charge >= 0.3 is 28.4 Å². The van der Waals surface area contributed by atoms with Crippen LogP contribution in [-0.4, -0.2) is 4.21 Å². The van der Waals surface area contributed by atoms with E-state index >= 15 is 0 Å². The van der Waals surface area contributed by atoms with E-state index in [2.05, 4.69) is 142 Å². The van der Waals surface area contributed by atoms with E-state index < -0.39 is 0 Å². The molecule has 3 aromatic rings. The first-order chi connectivity index (χ1) is 21.6. The maximum absolute atomic E-state index is 3.65. The van der Waals surface area contributed by atoms with Gasteiger partial charge in [0.05, 0.1) is 0 Å². The van der Waals surface area contributed by atoms with Crippen LogP contribution in [-0.2, 0) is 41.5 Å². The summed E-state index contributed by atoms with van der Waals surface area (Å²) in [5, 5.41) is 0. The van der Waals surface area contributed by atoms with Crippen molar-refractivity contribution in [2.45, 2.75) is 100 Å². The number of benzene rings is 3. The Morgan fingerprint density at radius 2 is 1.29 bits per heavy atom. The van der Waals surface area contributed by atoms with Gasteiger partial charge in [-0.05, 0) is 58.4 Å². The molecular formula is C45H56Cl2Zr-4. The predicted molar refractivity (Wildman–Crippen MR) is 214 cm³/mol. The summed E-state index contributed by atoms with van der Waals surface area (Å²) in [7, 11) is 0. The summed E-state index contributed by atoms with van der Waals surface area (Å²) in [5.41, 5.74) is 17.6. The maximum Gasteiger partial charge on any atom is -0.171 e. The van der Waals surface area contributed by atoms with Gasteiger partial charge in [-0.1, -0.05) is 104 Å². The number of hydrogen-bond acceptors (Lipinski definition) is 0. The molecule has 0 saturated carbocycles. The van der Waals surface area contributed by atoms with Gasteiger partial charge in [-0.3, -0.25) is 12.2 Å². The average Bonchev–Trinajstić information content (AvgIpc) is 3.69. The van der Waals surface area contributed by atoms with E-state index in [0.717, 1.165) is 6.42 Å². The molecule has 7 rings (SSSR count). The van der Waals surface area contributed by atoms with Gasteiger partial charge < -0.3 is 6.92 Å². The van der Waals surface area contributed by atoms with Crippen LogP contribution < -0.4 is 0 Å². The first kappa shape index (κ1) is 44.0. The van der Waals surface area contributed by atoms with Crippen molar-refractivity contribution in [3.8, 4) is 11.1 Å². The molecule has 4 aliphatic carbocycles. The normalized spacial score (nSPS) is 17.6. The van der Waals surface area contributed by atoms with Crippen molar-refractivity contribution in [3.05, 3.63) is 136 Å². The van der Waals surface area contributed by atoms with Crippen molar-refractivity contribution < 1.29 is 24.2 Å². The molecule has 3 aromatic carbocycles. The molecule has 48 heavy (non-hydrogen) atoms. The van der Waals surface area contributed by atoms with Crippen molar-refractivity contribution >= 4 is 40.2 Å². The van der Waals surface area contributed by atoms with Gasteiger partial charge in [0.15, 0.2) is 0 Å². The molecule has 0 radical (unpaired) electrons.